The second-order valence-corrected chi connectivity index (χ2v) is 1.43. The summed E-state index contributed by atoms with van der Waals surface area (Å²) in [7, 11) is 0. The molecule has 50 valence electrons. The molecule has 0 aromatic heterocycles. The molecule has 0 rings (SSSR count). The normalized spacial score (nSPS) is 13.2. The Morgan fingerprint density at radius 2 is 1.20 bits per heavy atom. The van der Waals surface area contributed by atoms with Crippen LogP contribution in [-0.4, -0.2) is 22.4 Å². The number of hydrogen-bond donors (Lipinski definition) is 2. The molecule has 0 saturated heterocycles. The van der Waals surface area contributed by atoms with Crippen LogP contribution in [0.5, 0.6) is 0 Å². The van der Waals surface area contributed by atoms with E-state index in [2.05, 4.69) is 11.8 Å². The van der Waals surface area contributed by atoms with Gasteiger partial charge in [-0.05, 0) is 0 Å². The van der Waals surface area contributed by atoms with Crippen LogP contribution in [0.25, 0.3) is 0 Å². The lowest BCUT2D eigenvalue weighted by Gasteiger charge is -1.89. The van der Waals surface area contributed by atoms with Crippen molar-refractivity contribution in [1.82, 2.24) is 0 Å². The van der Waals surface area contributed by atoms with Gasteiger partial charge < -0.3 is 10.2 Å². The van der Waals surface area contributed by atoms with Crippen LogP contribution in [0.15, 0.2) is 0 Å². The van der Waals surface area contributed by atoms with Crippen LogP contribution in [0.3, 0.4) is 0 Å². The Balaban J connectivity index is 3.96. The maximum absolute atomic E-state index is 8.61. The van der Waals surface area contributed by atoms with Crippen LogP contribution in [0.4, 0.5) is 0 Å². The third-order valence-electron chi connectivity index (χ3n) is 0.673. The fourth-order valence-electron chi connectivity index (χ4n) is 0.241. The zero-order valence-electron chi connectivity index (χ0n) is 5.20. The average Bonchev–Trinajstić information content (AvgIpc) is 1.99. The molecule has 0 saturated carbocycles. The van der Waals surface area contributed by atoms with Crippen molar-refractivity contribution in [2.75, 3.05) is 0 Å². The first-order chi connectivity index (χ1) is 4.70. The largest absolute Gasteiger partial charge is 0.369 e. The molecule has 0 fully saturated rings. The molecule has 0 spiro atoms. The summed E-state index contributed by atoms with van der Waals surface area (Å²) >= 11 is 0. The molecule has 0 heterocycles. The Bertz CT molecular complexity index is 207. The van der Waals surface area contributed by atoms with Crippen molar-refractivity contribution in [3.8, 4) is 36.5 Å². The van der Waals surface area contributed by atoms with Crippen LogP contribution >= 0.6 is 0 Å². The molecular weight excluding hydrogens is 128 g/mol. The van der Waals surface area contributed by atoms with Gasteiger partial charge in [-0.3, -0.25) is 0 Å². The van der Waals surface area contributed by atoms with Gasteiger partial charge >= 0.3 is 0 Å². The quantitative estimate of drug-likeness (QED) is 0.416. The molecule has 0 radical (unpaired) electrons. The summed E-state index contributed by atoms with van der Waals surface area (Å²) in [5, 5.41) is 17.2. The predicted octanol–water partition coefficient (Wildman–Crippen LogP) is -1.02. The van der Waals surface area contributed by atoms with Gasteiger partial charge in [0.15, 0.2) is 12.2 Å². The topological polar surface area (TPSA) is 40.5 Å². The van der Waals surface area contributed by atoms with Gasteiger partial charge in [0.25, 0.3) is 0 Å². The van der Waals surface area contributed by atoms with E-state index in [-0.39, 0.29) is 0 Å². The molecule has 10 heavy (non-hydrogen) atoms. The summed E-state index contributed by atoms with van der Waals surface area (Å²) < 4.78 is 0. The zero-order chi connectivity index (χ0) is 7.98. The highest BCUT2D eigenvalue weighted by Gasteiger charge is 1.90. The van der Waals surface area contributed by atoms with E-state index in [0.29, 0.717) is 0 Å². The van der Waals surface area contributed by atoms with Crippen molar-refractivity contribution in [1.29, 1.82) is 0 Å². The molecule has 0 aliphatic carbocycles. The van der Waals surface area contributed by atoms with E-state index in [1.54, 1.807) is 0 Å². The lowest BCUT2D eigenvalue weighted by atomic mass is 10.3. The number of terminal acetylenes is 2. The average molecular weight is 134 g/mol. The molecule has 2 heteroatoms. The summed E-state index contributed by atoms with van der Waals surface area (Å²) in [6.45, 7) is 0. The third-order valence-corrected chi connectivity index (χ3v) is 0.673. The predicted molar refractivity (Wildman–Crippen MR) is 37.5 cm³/mol. The van der Waals surface area contributed by atoms with Crippen molar-refractivity contribution in [3.63, 3.8) is 0 Å². The third kappa shape index (κ3) is 3.58. The first-order valence-corrected chi connectivity index (χ1v) is 2.50. The molecule has 0 aromatic carbocycles. The Hall–Kier alpha value is -1.40. The molecular formula is C8H6O2. The molecule has 0 amide bonds. The first kappa shape index (κ1) is 8.60. The Kier molecular flexibility index (Phi) is 3.85. The molecule has 2 atom stereocenters. The lowest BCUT2D eigenvalue weighted by Crippen LogP contribution is -2.02. The molecule has 2 unspecified atom stereocenters. The molecule has 0 aliphatic rings. The van der Waals surface area contributed by atoms with E-state index in [1.165, 1.54) is 0 Å². The van der Waals surface area contributed by atoms with Crippen molar-refractivity contribution in [2.24, 2.45) is 0 Å². The first-order valence-electron chi connectivity index (χ1n) is 2.50. The van der Waals surface area contributed by atoms with E-state index < -0.39 is 12.2 Å². The van der Waals surface area contributed by atoms with Crippen LogP contribution in [0.1, 0.15) is 0 Å². The number of aliphatic hydroxyl groups excluding tert-OH is 2. The van der Waals surface area contributed by atoms with Gasteiger partial charge in [0.2, 0.25) is 0 Å². The van der Waals surface area contributed by atoms with Crippen molar-refractivity contribution >= 4 is 0 Å². The van der Waals surface area contributed by atoms with Crippen molar-refractivity contribution < 1.29 is 10.2 Å². The molecule has 0 aliphatic heterocycles. The second kappa shape index (κ2) is 4.48. The van der Waals surface area contributed by atoms with Gasteiger partial charge in [0.1, 0.15) is 0 Å². The van der Waals surface area contributed by atoms with Crippen LogP contribution in [-0.2, 0) is 0 Å². The zero-order valence-corrected chi connectivity index (χ0v) is 5.20. The highest BCUT2D eigenvalue weighted by Crippen LogP contribution is 1.77. The van der Waals surface area contributed by atoms with Gasteiger partial charge in [-0.15, -0.1) is 12.8 Å². The van der Waals surface area contributed by atoms with Gasteiger partial charge in [0, 0.05) is 0 Å². The van der Waals surface area contributed by atoms with Gasteiger partial charge in [-0.2, -0.15) is 0 Å². The minimum atomic E-state index is -1.15. The van der Waals surface area contributed by atoms with E-state index in [0.717, 1.165) is 0 Å². The van der Waals surface area contributed by atoms with E-state index in [1.807, 2.05) is 11.8 Å². The summed E-state index contributed by atoms with van der Waals surface area (Å²) in [6, 6.07) is 0. The smallest absolute Gasteiger partial charge is 0.176 e. The monoisotopic (exact) mass is 134 g/mol. The molecule has 2 nitrogen and oxygen atoms in total. The van der Waals surface area contributed by atoms with Crippen LogP contribution in [0.2, 0.25) is 0 Å². The summed E-state index contributed by atoms with van der Waals surface area (Å²) in [4.78, 5) is 0. The minimum Gasteiger partial charge on any atom is -0.369 e. The number of hydrogen-bond acceptors (Lipinski definition) is 2. The summed E-state index contributed by atoms with van der Waals surface area (Å²) in [5.41, 5.74) is 0. The van der Waals surface area contributed by atoms with Crippen molar-refractivity contribution in [2.45, 2.75) is 12.2 Å². The Labute approximate surface area is 59.9 Å². The maximum Gasteiger partial charge on any atom is 0.176 e. The summed E-state index contributed by atoms with van der Waals surface area (Å²) in [6.07, 6.45) is 7.23. The molecule has 0 aromatic rings. The number of aliphatic hydroxyl groups is 2. The van der Waals surface area contributed by atoms with E-state index >= 15 is 0 Å². The second-order valence-electron chi connectivity index (χ2n) is 1.43. The van der Waals surface area contributed by atoms with Crippen molar-refractivity contribution in [3.05, 3.63) is 0 Å². The van der Waals surface area contributed by atoms with E-state index in [9.17, 15) is 0 Å². The van der Waals surface area contributed by atoms with Crippen LogP contribution < -0.4 is 0 Å². The maximum atomic E-state index is 8.61. The molecule has 2 N–H and O–H groups in total. The lowest BCUT2D eigenvalue weighted by molar-refractivity contribution is 0.280. The molecule has 0 bridgehead atoms. The van der Waals surface area contributed by atoms with E-state index in [4.69, 9.17) is 23.1 Å². The highest BCUT2D eigenvalue weighted by atomic mass is 16.3. The fourth-order valence-corrected chi connectivity index (χ4v) is 0.241. The van der Waals surface area contributed by atoms with Gasteiger partial charge in [0.05, 0.1) is 0 Å². The SMILES string of the molecule is C#CC(O)C#CC(O)C#C. The Morgan fingerprint density at radius 3 is 1.40 bits per heavy atom. The standard InChI is InChI=1S/C8H6O2/c1-3-7(9)5-6-8(10)4-2/h1-2,7-10H. The minimum absolute atomic E-state index is 1.15. The van der Waals surface area contributed by atoms with Gasteiger partial charge in [-0.25, -0.2) is 0 Å². The number of rotatable bonds is 0. The van der Waals surface area contributed by atoms with Crippen LogP contribution in [0, 0.1) is 36.5 Å². The highest BCUT2D eigenvalue weighted by molar-refractivity contribution is 5.22. The Morgan fingerprint density at radius 1 is 0.900 bits per heavy atom. The summed E-state index contributed by atoms with van der Waals surface area (Å²) in [5.74, 6) is 8.21. The fraction of sp³-hybridized carbons (Fsp3) is 0.250. The van der Waals surface area contributed by atoms with Gasteiger partial charge in [-0.1, -0.05) is 23.7 Å².